The number of urea groups is 1. The van der Waals surface area contributed by atoms with Crippen molar-refractivity contribution in [3.8, 4) is 0 Å². The number of piperidine rings is 1. The maximum Gasteiger partial charge on any atom is 0.317 e. The fraction of sp³-hybridized carbons (Fsp3) is 0.867. The van der Waals surface area contributed by atoms with Gasteiger partial charge in [0.25, 0.3) is 0 Å². The molecule has 2 N–H and O–H groups in total. The van der Waals surface area contributed by atoms with Crippen molar-refractivity contribution in [2.75, 3.05) is 26.3 Å². The van der Waals surface area contributed by atoms with Gasteiger partial charge in [-0.05, 0) is 24.7 Å². The molecular formula is C15H24N2O4. The molecule has 2 heterocycles. The average molecular weight is 296 g/mol. The number of amides is 2. The molecule has 4 unspecified atom stereocenters. The van der Waals surface area contributed by atoms with Crippen LogP contribution in [0.3, 0.4) is 0 Å². The highest BCUT2D eigenvalue weighted by atomic mass is 16.5. The first kappa shape index (κ1) is 14.6. The molecule has 3 rings (SSSR count). The fourth-order valence-corrected chi connectivity index (χ4v) is 3.98. The van der Waals surface area contributed by atoms with Gasteiger partial charge >= 0.3 is 12.0 Å². The number of carbonyl (C=O) groups is 2. The van der Waals surface area contributed by atoms with Crippen LogP contribution in [0.4, 0.5) is 4.79 Å². The van der Waals surface area contributed by atoms with Gasteiger partial charge in [0.15, 0.2) is 0 Å². The van der Waals surface area contributed by atoms with E-state index in [1.54, 1.807) is 0 Å². The van der Waals surface area contributed by atoms with Gasteiger partial charge in [-0.2, -0.15) is 0 Å². The van der Waals surface area contributed by atoms with Crippen LogP contribution in [0.2, 0.25) is 0 Å². The van der Waals surface area contributed by atoms with Crippen LogP contribution in [-0.2, 0) is 9.53 Å². The van der Waals surface area contributed by atoms with Crippen molar-refractivity contribution in [2.24, 2.45) is 17.8 Å². The third-order valence-electron chi connectivity index (χ3n) is 5.29. The van der Waals surface area contributed by atoms with E-state index in [2.05, 4.69) is 5.32 Å². The van der Waals surface area contributed by atoms with E-state index in [0.29, 0.717) is 12.5 Å². The fourth-order valence-electron chi connectivity index (χ4n) is 3.98. The molecule has 2 aliphatic heterocycles. The lowest BCUT2D eigenvalue weighted by atomic mass is 9.75. The van der Waals surface area contributed by atoms with E-state index in [0.717, 1.165) is 25.4 Å². The van der Waals surface area contributed by atoms with Crippen LogP contribution in [0.15, 0.2) is 0 Å². The second-order valence-electron chi connectivity index (χ2n) is 6.58. The van der Waals surface area contributed by atoms with Gasteiger partial charge in [0, 0.05) is 13.1 Å². The Morgan fingerprint density at radius 1 is 1.10 bits per heavy atom. The summed E-state index contributed by atoms with van der Waals surface area (Å²) in [4.78, 5) is 25.3. The Hall–Kier alpha value is -1.30. The molecule has 0 spiro atoms. The summed E-state index contributed by atoms with van der Waals surface area (Å²) in [5.74, 6) is -0.109. The quantitative estimate of drug-likeness (QED) is 0.805. The topological polar surface area (TPSA) is 78.9 Å². The Morgan fingerprint density at radius 2 is 1.86 bits per heavy atom. The second kappa shape index (κ2) is 6.22. The van der Waals surface area contributed by atoms with Crippen molar-refractivity contribution in [1.29, 1.82) is 0 Å². The van der Waals surface area contributed by atoms with Gasteiger partial charge in [-0.15, -0.1) is 0 Å². The maximum atomic E-state index is 12.4. The first-order chi connectivity index (χ1) is 10.1. The van der Waals surface area contributed by atoms with Crippen LogP contribution in [0, 0.1) is 17.8 Å². The first-order valence-corrected chi connectivity index (χ1v) is 8.01. The molecule has 0 radical (unpaired) electrons. The molecule has 118 valence electrons. The average Bonchev–Trinajstić information content (AvgIpc) is 2.95. The van der Waals surface area contributed by atoms with Gasteiger partial charge in [-0.1, -0.05) is 19.3 Å². The predicted molar refractivity (Wildman–Crippen MR) is 75.9 cm³/mol. The SMILES string of the molecule is O=C(O)C1COCC1NC(=O)N1CCC2CCCCC2C1. The van der Waals surface area contributed by atoms with Gasteiger partial charge in [0.05, 0.1) is 19.3 Å². The monoisotopic (exact) mass is 296 g/mol. The lowest BCUT2D eigenvalue weighted by Crippen LogP contribution is -2.53. The smallest absolute Gasteiger partial charge is 0.317 e. The van der Waals surface area contributed by atoms with Gasteiger partial charge in [0.1, 0.15) is 5.92 Å². The van der Waals surface area contributed by atoms with Gasteiger partial charge in [-0.25, -0.2) is 4.79 Å². The lowest BCUT2D eigenvalue weighted by Gasteiger charge is -2.41. The summed E-state index contributed by atoms with van der Waals surface area (Å²) in [5, 5.41) is 12.0. The Bertz CT molecular complexity index is 414. The molecule has 0 aromatic rings. The van der Waals surface area contributed by atoms with Gasteiger partial charge in [0.2, 0.25) is 0 Å². The van der Waals surface area contributed by atoms with E-state index in [1.807, 2.05) is 4.90 Å². The van der Waals surface area contributed by atoms with Gasteiger partial charge in [-0.3, -0.25) is 4.79 Å². The number of carboxylic acid groups (broad SMARTS) is 1. The number of ether oxygens (including phenoxy) is 1. The van der Waals surface area contributed by atoms with Crippen LogP contribution in [0.5, 0.6) is 0 Å². The van der Waals surface area contributed by atoms with E-state index in [9.17, 15) is 9.59 Å². The highest BCUT2D eigenvalue weighted by molar-refractivity contribution is 5.77. The van der Waals surface area contributed by atoms with Crippen molar-refractivity contribution >= 4 is 12.0 Å². The molecule has 2 amide bonds. The summed E-state index contributed by atoms with van der Waals surface area (Å²) in [6.45, 7) is 2.09. The van der Waals surface area contributed by atoms with Crippen LogP contribution >= 0.6 is 0 Å². The molecule has 3 fully saturated rings. The number of carbonyl (C=O) groups excluding carboxylic acids is 1. The minimum atomic E-state index is -0.899. The predicted octanol–water partition coefficient (Wildman–Crippen LogP) is 1.31. The number of carboxylic acids is 1. The summed E-state index contributed by atoms with van der Waals surface area (Å²) in [6, 6.07) is -0.528. The van der Waals surface area contributed by atoms with Crippen LogP contribution in [0.1, 0.15) is 32.1 Å². The molecule has 0 aromatic carbocycles. The molecule has 6 nitrogen and oxygen atoms in total. The third kappa shape index (κ3) is 3.15. The number of nitrogens with zero attached hydrogens (tertiary/aromatic N) is 1. The Balaban J connectivity index is 1.54. The first-order valence-electron chi connectivity index (χ1n) is 8.01. The van der Waals surface area contributed by atoms with E-state index >= 15 is 0 Å². The molecule has 0 bridgehead atoms. The van der Waals surface area contributed by atoms with E-state index in [4.69, 9.17) is 9.84 Å². The highest BCUT2D eigenvalue weighted by Crippen LogP contribution is 2.36. The number of hydrogen-bond donors (Lipinski definition) is 2. The minimum absolute atomic E-state index is 0.124. The molecule has 0 aromatic heterocycles. The third-order valence-corrected chi connectivity index (χ3v) is 5.29. The van der Waals surface area contributed by atoms with Crippen molar-refractivity contribution in [3.63, 3.8) is 0 Å². The van der Waals surface area contributed by atoms with Crippen molar-refractivity contribution in [1.82, 2.24) is 10.2 Å². The van der Waals surface area contributed by atoms with Crippen LogP contribution in [0.25, 0.3) is 0 Å². The standard InChI is InChI=1S/C15H24N2O4/c18-14(19)12-8-21-9-13(12)16-15(20)17-6-5-10-3-1-2-4-11(10)7-17/h10-13H,1-9H2,(H,16,20)(H,18,19). The van der Waals surface area contributed by atoms with Crippen molar-refractivity contribution in [3.05, 3.63) is 0 Å². The molecule has 4 atom stereocenters. The van der Waals surface area contributed by atoms with Crippen molar-refractivity contribution in [2.45, 2.75) is 38.1 Å². The summed E-state index contributed by atoms with van der Waals surface area (Å²) < 4.78 is 5.19. The van der Waals surface area contributed by atoms with E-state index in [-0.39, 0.29) is 12.6 Å². The number of hydrogen-bond acceptors (Lipinski definition) is 3. The Kier molecular flexibility index (Phi) is 4.33. The second-order valence-corrected chi connectivity index (χ2v) is 6.58. The number of nitrogens with one attached hydrogen (secondary N) is 1. The molecule has 2 saturated heterocycles. The largest absolute Gasteiger partial charge is 0.481 e. The molecule has 1 aliphatic carbocycles. The summed E-state index contributed by atoms with van der Waals surface area (Å²) in [6.07, 6.45) is 6.21. The Labute approximate surface area is 124 Å². The zero-order valence-corrected chi connectivity index (χ0v) is 12.3. The zero-order chi connectivity index (χ0) is 14.8. The van der Waals surface area contributed by atoms with Gasteiger partial charge < -0.3 is 20.1 Å². The van der Waals surface area contributed by atoms with E-state index < -0.39 is 17.9 Å². The zero-order valence-electron chi connectivity index (χ0n) is 12.3. The number of likely N-dealkylation sites (tertiary alicyclic amines) is 1. The molecule has 3 aliphatic rings. The molecule has 6 heteroatoms. The highest BCUT2D eigenvalue weighted by Gasteiger charge is 2.38. The van der Waals surface area contributed by atoms with E-state index in [1.165, 1.54) is 25.7 Å². The summed E-state index contributed by atoms with van der Waals surface area (Å²) >= 11 is 0. The molecule has 1 saturated carbocycles. The number of fused-ring (bicyclic) bond motifs is 1. The minimum Gasteiger partial charge on any atom is -0.481 e. The van der Waals surface area contributed by atoms with Crippen molar-refractivity contribution < 1.29 is 19.4 Å². The van der Waals surface area contributed by atoms with Crippen LogP contribution < -0.4 is 5.32 Å². The maximum absolute atomic E-state index is 12.4. The summed E-state index contributed by atoms with van der Waals surface area (Å²) in [7, 11) is 0. The normalized spacial score (nSPS) is 36.1. The molecular weight excluding hydrogens is 272 g/mol. The number of aliphatic carboxylic acids is 1. The lowest BCUT2D eigenvalue weighted by molar-refractivity contribution is -0.142. The Morgan fingerprint density at radius 3 is 2.62 bits per heavy atom. The molecule has 21 heavy (non-hydrogen) atoms. The summed E-state index contributed by atoms with van der Waals surface area (Å²) in [5.41, 5.74) is 0. The van der Waals surface area contributed by atoms with Crippen LogP contribution in [-0.4, -0.2) is 54.4 Å². The number of rotatable bonds is 2.